The average Bonchev–Trinajstić information content (AvgIpc) is 2.49. The summed E-state index contributed by atoms with van der Waals surface area (Å²) >= 11 is 0. The van der Waals surface area contributed by atoms with Gasteiger partial charge >= 0.3 is 0 Å². The van der Waals surface area contributed by atoms with Gasteiger partial charge in [0.25, 0.3) is 0 Å². The van der Waals surface area contributed by atoms with E-state index in [9.17, 15) is 0 Å². The van der Waals surface area contributed by atoms with E-state index in [0.29, 0.717) is 6.61 Å². The number of hydrogen-bond donors (Lipinski definition) is 0. The van der Waals surface area contributed by atoms with Crippen LogP contribution in [0.2, 0.25) is 0 Å². The van der Waals surface area contributed by atoms with Gasteiger partial charge in [-0.15, -0.1) is 0 Å². The predicted molar refractivity (Wildman–Crippen MR) is 80.1 cm³/mol. The molecule has 0 saturated carbocycles. The lowest BCUT2D eigenvalue weighted by atomic mass is 10.0. The first-order chi connectivity index (χ1) is 9.42. The second-order valence-electron chi connectivity index (χ2n) is 4.41. The van der Waals surface area contributed by atoms with E-state index < -0.39 is 0 Å². The molecular formula is C18H20O. The quantitative estimate of drug-likeness (QED) is 0.673. The van der Waals surface area contributed by atoms with Gasteiger partial charge in [-0.1, -0.05) is 79.7 Å². The molecule has 0 radical (unpaired) electrons. The van der Waals surface area contributed by atoms with Crippen molar-refractivity contribution in [1.82, 2.24) is 0 Å². The lowest BCUT2D eigenvalue weighted by molar-refractivity contribution is 0.104. The van der Waals surface area contributed by atoms with Gasteiger partial charge in [0.15, 0.2) is 0 Å². The summed E-state index contributed by atoms with van der Waals surface area (Å²) in [6, 6.07) is 20.7. The fraction of sp³-hybridized carbons (Fsp3) is 0.222. The maximum atomic E-state index is 6.03. The Hall–Kier alpha value is -1.86. The van der Waals surface area contributed by atoms with Crippen molar-refractivity contribution in [3.05, 3.63) is 83.9 Å². The molecule has 0 aromatic heterocycles. The van der Waals surface area contributed by atoms with Crippen LogP contribution >= 0.6 is 0 Å². The van der Waals surface area contributed by atoms with Gasteiger partial charge in [-0.3, -0.25) is 0 Å². The highest BCUT2D eigenvalue weighted by atomic mass is 16.5. The van der Waals surface area contributed by atoms with E-state index in [-0.39, 0.29) is 6.10 Å². The van der Waals surface area contributed by atoms with Crippen LogP contribution in [0.1, 0.15) is 30.6 Å². The van der Waals surface area contributed by atoms with E-state index in [0.717, 1.165) is 6.42 Å². The molecule has 0 bridgehead atoms. The second kappa shape index (κ2) is 7.55. The van der Waals surface area contributed by atoms with Crippen molar-refractivity contribution >= 4 is 0 Å². The number of ether oxygens (including phenoxy) is 1. The van der Waals surface area contributed by atoms with Crippen LogP contribution in [0.15, 0.2) is 72.8 Å². The Morgan fingerprint density at radius 3 is 1.84 bits per heavy atom. The fourth-order valence-electron chi connectivity index (χ4n) is 2.03. The SMILES string of the molecule is CC/C=C/COC(c1ccccc1)c1ccccc1. The number of benzene rings is 2. The van der Waals surface area contributed by atoms with E-state index in [4.69, 9.17) is 4.74 Å². The van der Waals surface area contributed by atoms with Gasteiger partial charge in [-0.25, -0.2) is 0 Å². The molecule has 19 heavy (non-hydrogen) atoms. The molecule has 0 unspecified atom stereocenters. The molecule has 0 aliphatic rings. The molecule has 0 spiro atoms. The molecule has 0 saturated heterocycles. The largest absolute Gasteiger partial charge is 0.365 e. The van der Waals surface area contributed by atoms with Crippen LogP contribution in [0.3, 0.4) is 0 Å². The summed E-state index contributed by atoms with van der Waals surface area (Å²) in [5, 5.41) is 0. The second-order valence-corrected chi connectivity index (χ2v) is 4.41. The number of hydrogen-bond acceptors (Lipinski definition) is 1. The molecule has 0 heterocycles. The minimum Gasteiger partial charge on any atom is -0.365 e. The Kier molecular flexibility index (Phi) is 5.39. The summed E-state index contributed by atoms with van der Waals surface area (Å²) in [6.45, 7) is 2.77. The zero-order valence-electron chi connectivity index (χ0n) is 11.3. The first kappa shape index (κ1) is 13.6. The summed E-state index contributed by atoms with van der Waals surface area (Å²) in [6.07, 6.45) is 5.26. The highest BCUT2D eigenvalue weighted by Crippen LogP contribution is 2.25. The van der Waals surface area contributed by atoms with Crippen molar-refractivity contribution in [2.45, 2.75) is 19.4 Å². The Balaban J connectivity index is 2.17. The van der Waals surface area contributed by atoms with Crippen molar-refractivity contribution in [3.8, 4) is 0 Å². The summed E-state index contributed by atoms with van der Waals surface area (Å²) in [5.41, 5.74) is 2.39. The zero-order valence-corrected chi connectivity index (χ0v) is 11.3. The minimum atomic E-state index is 0.00362. The van der Waals surface area contributed by atoms with Gasteiger partial charge in [0.1, 0.15) is 6.10 Å². The van der Waals surface area contributed by atoms with E-state index in [1.54, 1.807) is 0 Å². The predicted octanol–water partition coefficient (Wildman–Crippen LogP) is 4.76. The van der Waals surface area contributed by atoms with Crippen molar-refractivity contribution in [1.29, 1.82) is 0 Å². The average molecular weight is 252 g/mol. The Morgan fingerprint density at radius 2 is 1.37 bits per heavy atom. The maximum absolute atomic E-state index is 6.03. The smallest absolute Gasteiger partial charge is 0.108 e. The van der Waals surface area contributed by atoms with Gasteiger partial charge in [0.2, 0.25) is 0 Å². The third-order valence-corrected chi connectivity index (χ3v) is 2.97. The van der Waals surface area contributed by atoms with Crippen molar-refractivity contribution in [2.24, 2.45) is 0 Å². The van der Waals surface area contributed by atoms with E-state index >= 15 is 0 Å². The lowest BCUT2D eigenvalue weighted by Gasteiger charge is -2.18. The Morgan fingerprint density at radius 1 is 0.842 bits per heavy atom. The monoisotopic (exact) mass is 252 g/mol. The van der Waals surface area contributed by atoms with E-state index in [1.807, 2.05) is 12.1 Å². The van der Waals surface area contributed by atoms with Crippen molar-refractivity contribution in [3.63, 3.8) is 0 Å². The standard InChI is InChI=1S/C18H20O/c1-2-3-10-15-19-18(16-11-6-4-7-12-16)17-13-8-5-9-14-17/h3-14,18H,2,15H2,1H3/b10-3+. The van der Waals surface area contributed by atoms with Gasteiger partial charge in [0, 0.05) is 0 Å². The zero-order chi connectivity index (χ0) is 13.3. The molecule has 0 amide bonds. The summed E-state index contributed by atoms with van der Waals surface area (Å²) < 4.78 is 6.03. The Bertz CT molecular complexity index is 448. The van der Waals surface area contributed by atoms with Gasteiger partial charge in [-0.05, 0) is 17.5 Å². The topological polar surface area (TPSA) is 9.23 Å². The first-order valence-electron chi connectivity index (χ1n) is 6.78. The molecule has 0 fully saturated rings. The van der Waals surface area contributed by atoms with Crippen LogP contribution in [0.5, 0.6) is 0 Å². The molecule has 0 N–H and O–H groups in total. The van der Waals surface area contributed by atoms with Crippen molar-refractivity contribution in [2.75, 3.05) is 6.61 Å². The van der Waals surface area contributed by atoms with Crippen LogP contribution in [-0.4, -0.2) is 6.61 Å². The molecule has 1 heteroatoms. The van der Waals surface area contributed by atoms with Gasteiger partial charge < -0.3 is 4.74 Å². The highest BCUT2D eigenvalue weighted by molar-refractivity contribution is 5.29. The van der Waals surface area contributed by atoms with Crippen LogP contribution in [0.25, 0.3) is 0 Å². The number of rotatable bonds is 6. The third-order valence-electron chi connectivity index (χ3n) is 2.97. The normalized spacial score (nSPS) is 11.3. The molecule has 0 atom stereocenters. The van der Waals surface area contributed by atoms with E-state index in [1.165, 1.54) is 11.1 Å². The highest BCUT2D eigenvalue weighted by Gasteiger charge is 2.13. The molecule has 2 aromatic carbocycles. The van der Waals surface area contributed by atoms with Crippen LogP contribution in [0.4, 0.5) is 0 Å². The van der Waals surface area contributed by atoms with Crippen molar-refractivity contribution < 1.29 is 4.74 Å². The molecule has 2 rings (SSSR count). The number of allylic oxidation sites excluding steroid dienone is 1. The first-order valence-corrected chi connectivity index (χ1v) is 6.78. The van der Waals surface area contributed by atoms with Crippen LogP contribution in [0, 0.1) is 0 Å². The molecule has 0 aliphatic heterocycles. The molecule has 2 aromatic rings. The maximum Gasteiger partial charge on any atom is 0.108 e. The van der Waals surface area contributed by atoms with Gasteiger partial charge in [-0.2, -0.15) is 0 Å². The summed E-state index contributed by atoms with van der Waals surface area (Å²) in [5.74, 6) is 0. The third kappa shape index (κ3) is 4.08. The molecular weight excluding hydrogens is 232 g/mol. The van der Waals surface area contributed by atoms with E-state index in [2.05, 4.69) is 67.6 Å². The lowest BCUT2D eigenvalue weighted by Crippen LogP contribution is -2.06. The fourth-order valence-corrected chi connectivity index (χ4v) is 2.03. The van der Waals surface area contributed by atoms with Crippen LogP contribution in [-0.2, 0) is 4.74 Å². The summed E-state index contributed by atoms with van der Waals surface area (Å²) in [4.78, 5) is 0. The molecule has 0 aliphatic carbocycles. The molecule has 98 valence electrons. The molecule has 1 nitrogen and oxygen atoms in total. The minimum absolute atomic E-state index is 0.00362. The van der Waals surface area contributed by atoms with Crippen LogP contribution < -0.4 is 0 Å². The Labute approximate surface area is 115 Å². The van der Waals surface area contributed by atoms with Gasteiger partial charge in [0.05, 0.1) is 6.61 Å². The summed E-state index contributed by atoms with van der Waals surface area (Å²) in [7, 11) is 0.